The summed E-state index contributed by atoms with van der Waals surface area (Å²) in [5.74, 6) is 0.0668. The van der Waals surface area contributed by atoms with Gasteiger partial charge >= 0.3 is 5.97 Å². The minimum absolute atomic E-state index is 0.176. The van der Waals surface area contributed by atoms with Crippen LogP contribution in [0, 0.1) is 11.8 Å². The number of rotatable bonds is 5. The van der Waals surface area contributed by atoms with Gasteiger partial charge in [0.05, 0.1) is 0 Å². The predicted octanol–water partition coefficient (Wildman–Crippen LogP) is 3.36. The third-order valence-electron chi connectivity index (χ3n) is 3.33. The number of carboxylic acid groups (broad SMARTS) is 1. The summed E-state index contributed by atoms with van der Waals surface area (Å²) in [6.45, 7) is 6.04. The Morgan fingerprint density at radius 2 is 2.17 bits per heavy atom. The van der Waals surface area contributed by atoms with Gasteiger partial charge in [-0.15, -0.1) is 0 Å². The van der Waals surface area contributed by atoms with Crippen LogP contribution >= 0.6 is 0 Å². The molecule has 1 aliphatic rings. The Bertz CT molecular complexity index is 389. The maximum absolute atomic E-state index is 11.7. The van der Waals surface area contributed by atoms with Crippen molar-refractivity contribution in [3.05, 3.63) is 23.3 Å². The molecular formula is C15H22O3. The summed E-state index contributed by atoms with van der Waals surface area (Å²) in [6.07, 6.45) is 6.28. The quantitative estimate of drug-likeness (QED) is 0.761. The van der Waals surface area contributed by atoms with Crippen molar-refractivity contribution in [1.29, 1.82) is 0 Å². The van der Waals surface area contributed by atoms with Crippen molar-refractivity contribution in [3.63, 3.8) is 0 Å². The molecule has 0 spiro atoms. The lowest BCUT2D eigenvalue weighted by Gasteiger charge is -2.21. The minimum Gasteiger partial charge on any atom is -0.478 e. The molecule has 0 aromatic heterocycles. The Kier molecular flexibility index (Phi) is 5.32. The lowest BCUT2D eigenvalue weighted by molar-refractivity contribution is -0.133. The lowest BCUT2D eigenvalue weighted by atomic mass is 9.84. The first-order chi connectivity index (χ1) is 8.40. The summed E-state index contributed by atoms with van der Waals surface area (Å²) in [5.41, 5.74) is 1.59. The first kappa shape index (κ1) is 14.7. The average molecular weight is 250 g/mol. The average Bonchev–Trinajstić information content (AvgIpc) is 2.27. The molecule has 0 aromatic carbocycles. The molecule has 100 valence electrons. The minimum atomic E-state index is -0.814. The van der Waals surface area contributed by atoms with Gasteiger partial charge in [-0.3, -0.25) is 4.79 Å². The van der Waals surface area contributed by atoms with Crippen LogP contribution in [0.1, 0.15) is 46.5 Å². The highest BCUT2D eigenvalue weighted by Crippen LogP contribution is 2.29. The molecule has 0 saturated carbocycles. The molecule has 0 amide bonds. The number of aliphatic carboxylic acids is 1. The van der Waals surface area contributed by atoms with E-state index in [-0.39, 0.29) is 5.78 Å². The second-order valence-corrected chi connectivity index (χ2v) is 5.46. The molecule has 1 rings (SSSR count). The molecular weight excluding hydrogens is 228 g/mol. The Hall–Kier alpha value is -1.38. The molecule has 0 saturated heterocycles. The van der Waals surface area contributed by atoms with E-state index >= 15 is 0 Å². The molecule has 18 heavy (non-hydrogen) atoms. The molecule has 0 heterocycles. The van der Waals surface area contributed by atoms with Crippen LogP contribution in [0.25, 0.3) is 0 Å². The molecule has 1 N–H and O–H groups in total. The monoisotopic (exact) mass is 250 g/mol. The van der Waals surface area contributed by atoms with E-state index < -0.39 is 5.97 Å². The molecule has 1 aliphatic carbocycles. The molecule has 0 unspecified atom stereocenters. The fourth-order valence-corrected chi connectivity index (χ4v) is 2.28. The van der Waals surface area contributed by atoms with Crippen LogP contribution in [0.3, 0.4) is 0 Å². The fraction of sp³-hybridized carbons (Fsp3) is 0.600. The molecule has 0 aromatic rings. The van der Waals surface area contributed by atoms with Gasteiger partial charge in [0.2, 0.25) is 0 Å². The van der Waals surface area contributed by atoms with Gasteiger partial charge < -0.3 is 5.11 Å². The zero-order valence-electron chi connectivity index (χ0n) is 11.4. The fourth-order valence-electron chi connectivity index (χ4n) is 2.28. The van der Waals surface area contributed by atoms with Crippen molar-refractivity contribution in [2.75, 3.05) is 0 Å². The highest BCUT2D eigenvalue weighted by molar-refractivity contribution is 5.90. The molecule has 0 radical (unpaired) electrons. The van der Waals surface area contributed by atoms with E-state index in [1.165, 1.54) is 0 Å². The van der Waals surface area contributed by atoms with E-state index in [0.29, 0.717) is 30.3 Å². The number of allylic oxidation sites excluding steroid dienone is 3. The van der Waals surface area contributed by atoms with Crippen LogP contribution in [0.15, 0.2) is 23.3 Å². The number of carbonyl (C=O) groups is 2. The zero-order chi connectivity index (χ0) is 13.7. The molecule has 0 fully saturated rings. The molecule has 1 atom stereocenters. The summed E-state index contributed by atoms with van der Waals surface area (Å²) in [5, 5.41) is 8.87. The van der Waals surface area contributed by atoms with E-state index in [2.05, 4.69) is 0 Å². The number of carbonyl (C=O) groups excluding carboxylic acids is 1. The normalized spacial score (nSPS) is 20.8. The summed E-state index contributed by atoms with van der Waals surface area (Å²) in [4.78, 5) is 22.5. The van der Waals surface area contributed by atoms with Gasteiger partial charge in [0, 0.05) is 12.0 Å². The largest absolute Gasteiger partial charge is 0.478 e. The van der Waals surface area contributed by atoms with Gasteiger partial charge in [0.25, 0.3) is 0 Å². The summed E-state index contributed by atoms with van der Waals surface area (Å²) < 4.78 is 0. The van der Waals surface area contributed by atoms with Crippen molar-refractivity contribution < 1.29 is 14.7 Å². The van der Waals surface area contributed by atoms with Crippen LogP contribution in [0.2, 0.25) is 0 Å². The maximum Gasteiger partial charge on any atom is 0.331 e. The highest BCUT2D eigenvalue weighted by atomic mass is 16.4. The predicted molar refractivity (Wildman–Crippen MR) is 71.3 cm³/mol. The van der Waals surface area contributed by atoms with Crippen molar-refractivity contribution in [2.45, 2.75) is 46.5 Å². The Labute approximate surface area is 109 Å². The van der Waals surface area contributed by atoms with Crippen molar-refractivity contribution in [1.82, 2.24) is 0 Å². The summed E-state index contributed by atoms with van der Waals surface area (Å²) >= 11 is 0. The number of carboxylic acids is 1. The van der Waals surface area contributed by atoms with Gasteiger partial charge in [-0.05, 0) is 44.1 Å². The van der Waals surface area contributed by atoms with E-state index in [9.17, 15) is 9.59 Å². The van der Waals surface area contributed by atoms with Crippen LogP contribution in [-0.4, -0.2) is 16.9 Å². The van der Waals surface area contributed by atoms with Crippen LogP contribution in [-0.2, 0) is 9.59 Å². The number of ketones is 1. The summed E-state index contributed by atoms with van der Waals surface area (Å²) in [6, 6.07) is 0. The van der Waals surface area contributed by atoms with Gasteiger partial charge in [-0.1, -0.05) is 25.5 Å². The van der Waals surface area contributed by atoms with Crippen LogP contribution in [0.4, 0.5) is 0 Å². The second-order valence-electron chi connectivity index (χ2n) is 5.46. The SMILES string of the molecule is C/C(=C\C(=O)CC(C)C)[C@@H]1CC=C(C(=O)O)CC1. The van der Waals surface area contributed by atoms with Gasteiger partial charge in [-0.25, -0.2) is 4.79 Å². The highest BCUT2D eigenvalue weighted by Gasteiger charge is 2.19. The second kappa shape index (κ2) is 6.53. The van der Waals surface area contributed by atoms with E-state index in [4.69, 9.17) is 5.11 Å². The smallest absolute Gasteiger partial charge is 0.331 e. The van der Waals surface area contributed by atoms with Crippen LogP contribution in [0.5, 0.6) is 0 Å². The van der Waals surface area contributed by atoms with Crippen molar-refractivity contribution >= 4 is 11.8 Å². The Balaban J connectivity index is 2.59. The van der Waals surface area contributed by atoms with E-state index in [1.54, 1.807) is 12.2 Å². The third-order valence-corrected chi connectivity index (χ3v) is 3.33. The third kappa shape index (κ3) is 4.47. The van der Waals surface area contributed by atoms with Gasteiger partial charge in [0.15, 0.2) is 5.78 Å². The topological polar surface area (TPSA) is 54.4 Å². The Morgan fingerprint density at radius 1 is 1.50 bits per heavy atom. The van der Waals surface area contributed by atoms with E-state index in [1.807, 2.05) is 20.8 Å². The number of hydrogen-bond donors (Lipinski definition) is 1. The first-order valence-electron chi connectivity index (χ1n) is 6.53. The van der Waals surface area contributed by atoms with E-state index in [0.717, 1.165) is 18.4 Å². The van der Waals surface area contributed by atoms with Crippen LogP contribution < -0.4 is 0 Å². The van der Waals surface area contributed by atoms with Gasteiger partial charge in [0.1, 0.15) is 0 Å². The number of hydrogen-bond acceptors (Lipinski definition) is 2. The standard InChI is InChI=1S/C15H22O3/c1-10(2)8-14(16)9-11(3)12-4-6-13(7-5-12)15(17)18/h6,9-10,12H,4-5,7-8H2,1-3H3,(H,17,18)/b11-9+/t12-/m1/s1. The first-order valence-corrected chi connectivity index (χ1v) is 6.53. The zero-order valence-corrected chi connectivity index (χ0v) is 11.4. The van der Waals surface area contributed by atoms with Gasteiger partial charge in [-0.2, -0.15) is 0 Å². The molecule has 0 aliphatic heterocycles. The Morgan fingerprint density at radius 3 is 2.61 bits per heavy atom. The van der Waals surface area contributed by atoms with Crippen molar-refractivity contribution in [3.8, 4) is 0 Å². The molecule has 0 bridgehead atoms. The lowest BCUT2D eigenvalue weighted by Crippen LogP contribution is -2.12. The molecule has 3 nitrogen and oxygen atoms in total. The molecule has 3 heteroatoms. The maximum atomic E-state index is 11.7. The summed E-state index contributed by atoms with van der Waals surface area (Å²) in [7, 11) is 0. The van der Waals surface area contributed by atoms with Crippen molar-refractivity contribution in [2.24, 2.45) is 11.8 Å².